The number of carboxylic acids is 1. The lowest BCUT2D eigenvalue weighted by Gasteiger charge is -2.41. The molecule has 39 heavy (non-hydrogen) atoms. The number of halogens is 2. The molecule has 14 heteroatoms. The standard InChI is InChI=1S/C25H31F2N5O6S/c1-39(37,38)30-19-4-2-3-18(12-19)29-23(33)15-31-7-8-32(20(14-31)13-25(35)36)24(34)11-17(28)9-16-5-6-21(26)22(27)10-16/h2-6,10,12,17,20,30H,7-9,11,13-15,28H2,1H3,(H,29,33)(H,35,36)/t17-,20?/m1/s1. The molecule has 1 fully saturated rings. The molecular weight excluding hydrogens is 536 g/mol. The second-order valence-electron chi connectivity index (χ2n) is 9.49. The van der Waals surface area contributed by atoms with Gasteiger partial charge in [-0.2, -0.15) is 0 Å². The lowest BCUT2D eigenvalue weighted by molar-refractivity contribution is -0.143. The number of benzene rings is 2. The van der Waals surface area contributed by atoms with Gasteiger partial charge in [0.25, 0.3) is 0 Å². The predicted octanol–water partition coefficient (Wildman–Crippen LogP) is 1.22. The molecule has 2 amide bonds. The monoisotopic (exact) mass is 567 g/mol. The number of carbonyl (C=O) groups excluding carboxylic acids is 2. The van der Waals surface area contributed by atoms with Crippen LogP contribution in [0.3, 0.4) is 0 Å². The molecule has 0 bridgehead atoms. The Bertz CT molecular complexity index is 1330. The summed E-state index contributed by atoms with van der Waals surface area (Å²) in [4.78, 5) is 40.3. The zero-order valence-electron chi connectivity index (χ0n) is 21.3. The lowest BCUT2D eigenvalue weighted by atomic mass is 10.0. The van der Waals surface area contributed by atoms with Crippen LogP contribution in [0.5, 0.6) is 0 Å². The van der Waals surface area contributed by atoms with Crippen LogP contribution in [0, 0.1) is 11.6 Å². The molecule has 3 rings (SSSR count). The fourth-order valence-electron chi connectivity index (χ4n) is 4.43. The molecule has 1 aliphatic rings. The molecule has 212 valence electrons. The van der Waals surface area contributed by atoms with Gasteiger partial charge in [0.15, 0.2) is 11.6 Å². The molecule has 1 unspecified atom stereocenters. The van der Waals surface area contributed by atoms with Crippen molar-refractivity contribution >= 4 is 39.2 Å². The fraction of sp³-hybridized carbons (Fsp3) is 0.400. The van der Waals surface area contributed by atoms with Gasteiger partial charge in [-0.25, -0.2) is 17.2 Å². The Hall–Kier alpha value is -3.62. The molecule has 0 saturated carbocycles. The maximum Gasteiger partial charge on any atom is 0.305 e. The highest BCUT2D eigenvalue weighted by Crippen LogP contribution is 2.19. The zero-order chi connectivity index (χ0) is 28.7. The van der Waals surface area contributed by atoms with Crippen LogP contribution in [0.4, 0.5) is 20.2 Å². The van der Waals surface area contributed by atoms with Crippen LogP contribution in [0.1, 0.15) is 18.4 Å². The number of amides is 2. The molecule has 2 aromatic carbocycles. The number of nitrogens with two attached hydrogens (primary N) is 1. The summed E-state index contributed by atoms with van der Waals surface area (Å²) in [6.45, 7) is 0.552. The Morgan fingerprint density at radius 3 is 2.49 bits per heavy atom. The second kappa shape index (κ2) is 13.0. The number of nitrogens with zero attached hydrogens (tertiary/aromatic N) is 2. The number of nitrogens with one attached hydrogen (secondary N) is 2. The van der Waals surface area contributed by atoms with Crippen molar-refractivity contribution in [3.05, 3.63) is 59.7 Å². The van der Waals surface area contributed by atoms with E-state index in [1.54, 1.807) is 17.0 Å². The maximum absolute atomic E-state index is 13.5. The summed E-state index contributed by atoms with van der Waals surface area (Å²) in [5.41, 5.74) is 7.17. The molecule has 0 aromatic heterocycles. The third-order valence-electron chi connectivity index (χ3n) is 6.03. The minimum absolute atomic E-state index is 0.0719. The molecular formula is C25H31F2N5O6S. The average molecular weight is 568 g/mol. The third-order valence-corrected chi connectivity index (χ3v) is 6.64. The van der Waals surface area contributed by atoms with E-state index in [9.17, 15) is 36.7 Å². The van der Waals surface area contributed by atoms with E-state index in [0.717, 1.165) is 18.4 Å². The van der Waals surface area contributed by atoms with E-state index in [1.165, 1.54) is 23.1 Å². The summed E-state index contributed by atoms with van der Waals surface area (Å²) in [5.74, 6) is -3.86. The van der Waals surface area contributed by atoms with Gasteiger partial charge in [-0.15, -0.1) is 0 Å². The van der Waals surface area contributed by atoms with Crippen molar-refractivity contribution in [2.45, 2.75) is 31.3 Å². The number of carboxylic acid groups (broad SMARTS) is 1. The van der Waals surface area contributed by atoms with Gasteiger partial charge in [-0.05, 0) is 42.3 Å². The zero-order valence-corrected chi connectivity index (χ0v) is 22.1. The lowest BCUT2D eigenvalue weighted by Crippen LogP contribution is -2.57. The summed E-state index contributed by atoms with van der Waals surface area (Å²) in [6.07, 6.45) is 0.694. The van der Waals surface area contributed by atoms with E-state index in [1.807, 2.05) is 0 Å². The first-order valence-corrected chi connectivity index (χ1v) is 14.0. The summed E-state index contributed by atoms with van der Waals surface area (Å²) < 4.78 is 51.8. The van der Waals surface area contributed by atoms with E-state index in [-0.39, 0.29) is 50.5 Å². The first kappa shape index (κ1) is 29.9. The van der Waals surface area contributed by atoms with E-state index >= 15 is 0 Å². The molecule has 1 heterocycles. The number of rotatable bonds is 11. The van der Waals surface area contributed by atoms with Crippen LogP contribution in [-0.4, -0.2) is 85.6 Å². The third kappa shape index (κ3) is 9.57. The van der Waals surface area contributed by atoms with Gasteiger partial charge < -0.3 is 21.1 Å². The molecule has 1 saturated heterocycles. The number of hydrogen-bond donors (Lipinski definition) is 4. The molecule has 0 aliphatic carbocycles. The molecule has 11 nitrogen and oxygen atoms in total. The number of aliphatic carboxylic acids is 1. The SMILES string of the molecule is CS(=O)(=O)Nc1cccc(NC(=O)CN2CCN(C(=O)C[C@H](N)Cc3ccc(F)c(F)c3)C(CC(=O)O)C2)c1. The molecule has 0 spiro atoms. The topological polar surface area (TPSA) is 162 Å². The molecule has 2 aromatic rings. The first-order chi connectivity index (χ1) is 18.3. The van der Waals surface area contributed by atoms with Gasteiger partial charge in [0.2, 0.25) is 21.8 Å². The summed E-state index contributed by atoms with van der Waals surface area (Å²) in [6, 6.07) is 8.18. The highest BCUT2D eigenvalue weighted by molar-refractivity contribution is 7.92. The summed E-state index contributed by atoms with van der Waals surface area (Å²) in [5, 5.41) is 12.1. The normalized spacial score (nSPS) is 16.9. The largest absolute Gasteiger partial charge is 0.481 e. The van der Waals surface area contributed by atoms with Gasteiger partial charge >= 0.3 is 5.97 Å². The van der Waals surface area contributed by atoms with Crippen molar-refractivity contribution in [3.8, 4) is 0 Å². The van der Waals surface area contributed by atoms with Gasteiger partial charge in [0.1, 0.15) is 0 Å². The van der Waals surface area contributed by atoms with E-state index in [4.69, 9.17) is 5.73 Å². The Balaban J connectivity index is 1.57. The van der Waals surface area contributed by atoms with Gasteiger partial charge in [0.05, 0.1) is 31.0 Å². The van der Waals surface area contributed by atoms with Crippen LogP contribution in [0.2, 0.25) is 0 Å². The smallest absolute Gasteiger partial charge is 0.305 e. The van der Waals surface area contributed by atoms with Crippen molar-refractivity contribution in [1.82, 2.24) is 9.80 Å². The molecule has 0 radical (unpaired) electrons. The predicted molar refractivity (Wildman–Crippen MR) is 140 cm³/mol. The Labute approximate surface area is 225 Å². The molecule has 5 N–H and O–H groups in total. The van der Waals surface area contributed by atoms with Crippen LogP contribution in [0.15, 0.2) is 42.5 Å². The molecule has 2 atom stereocenters. The Morgan fingerprint density at radius 2 is 1.82 bits per heavy atom. The van der Waals surface area contributed by atoms with Crippen LogP contribution in [0.25, 0.3) is 0 Å². The van der Waals surface area contributed by atoms with Gasteiger partial charge in [0, 0.05) is 37.8 Å². The first-order valence-electron chi connectivity index (χ1n) is 12.1. The number of hydrogen-bond acceptors (Lipinski definition) is 7. The number of sulfonamides is 1. The fourth-order valence-corrected chi connectivity index (χ4v) is 4.98. The van der Waals surface area contributed by atoms with Crippen LogP contribution < -0.4 is 15.8 Å². The van der Waals surface area contributed by atoms with Gasteiger partial charge in [-0.3, -0.25) is 24.0 Å². The van der Waals surface area contributed by atoms with Crippen molar-refractivity contribution < 1.29 is 36.7 Å². The van der Waals surface area contributed by atoms with E-state index in [0.29, 0.717) is 17.8 Å². The van der Waals surface area contributed by atoms with Crippen molar-refractivity contribution in [2.24, 2.45) is 5.73 Å². The molecule has 1 aliphatic heterocycles. The van der Waals surface area contributed by atoms with Crippen molar-refractivity contribution in [2.75, 3.05) is 42.5 Å². The quantitative estimate of drug-likeness (QED) is 0.315. The van der Waals surface area contributed by atoms with Crippen LogP contribution in [-0.2, 0) is 30.8 Å². The Kier molecular flexibility index (Phi) is 9.94. The highest BCUT2D eigenvalue weighted by Gasteiger charge is 2.33. The van der Waals surface area contributed by atoms with E-state index in [2.05, 4.69) is 10.0 Å². The van der Waals surface area contributed by atoms with Crippen LogP contribution >= 0.6 is 0 Å². The number of piperazine rings is 1. The maximum atomic E-state index is 13.5. The summed E-state index contributed by atoms with van der Waals surface area (Å²) in [7, 11) is -3.49. The van der Waals surface area contributed by atoms with Gasteiger partial charge in [-0.1, -0.05) is 12.1 Å². The highest BCUT2D eigenvalue weighted by atomic mass is 32.2. The minimum atomic E-state index is -3.49. The van der Waals surface area contributed by atoms with E-state index < -0.39 is 45.6 Å². The Morgan fingerprint density at radius 1 is 1.10 bits per heavy atom. The average Bonchev–Trinajstić information content (AvgIpc) is 2.80. The van der Waals surface area contributed by atoms with Crippen molar-refractivity contribution in [3.63, 3.8) is 0 Å². The number of anilines is 2. The summed E-state index contributed by atoms with van der Waals surface area (Å²) >= 11 is 0. The number of carbonyl (C=O) groups is 3. The minimum Gasteiger partial charge on any atom is -0.481 e. The van der Waals surface area contributed by atoms with Crippen molar-refractivity contribution in [1.29, 1.82) is 0 Å². The second-order valence-corrected chi connectivity index (χ2v) is 11.2.